The molecule has 0 aromatic heterocycles. The van der Waals surface area contributed by atoms with Gasteiger partial charge in [0.25, 0.3) is 0 Å². The molecule has 2 heterocycles. The fourth-order valence-electron chi connectivity index (χ4n) is 4.21. The number of hydrogen-bond acceptors (Lipinski definition) is 2. The molecule has 2 nitrogen and oxygen atoms in total. The molecule has 3 rings (SSSR count). The summed E-state index contributed by atoms with van der Waals surface area (Å²) in [5.41, 5.74) is 0.823. The second kappa shape index (κ2) is 6.35. The Bertz CT molecular complexity index is 494. The molecule has 0 saturated carbocycles. The van der Waals surface area contributed by atoms with Gasteiger partial charge in [-0.25, -0.2) is 4.39 Å². The third-order valence-electron chi connectivity index (χ3n) is 5.53. The highest BCUT2D eigenvalue weighted by Gasteiger charge is 2.40. The summed E-state index contributed by atoms with van der Waals surface area (Å²) in [5.74, 6) is 0.562. The minimum absolute atomic E-state index is 0.0967. The van der Waals surface area contributed by atoms with Gasteiger partial charge in [-0.05, 0) is 69.8 Å². The number of nitrogens with zero attached hydrogens (tertiary/aromatic N) is 1. The van der Waals surface area contributed by atoms with Crippen LogP contribution in [0.15, 0.2) is 22.7 Å². The smallest absolute Gasteiger partial charge is 0.127 e. The van der Waals surface area contributed by atoms with Gasteiger partial charge in [0.15, 0.2) is 0 Å². The van der Waals surface area contributed by atoms with Gasteiger partial charge in [0.1, 0.15) is 5.82 Å². The Kier molecular flexibility index (Phi) is 4.67. The van der Waals surface area contributed by atoms with Crippen molar-refractivity contribution in [2.45, 2.75) is 50.2 Å². The lowest BCUT2D eigenvalue weighted by atomic mass is 9.82. The van der Waals surface area contributed by atoms with E-state index in [2.05, 4.69) is 33.2 Å². The third kappa shape index (κ3) is 3.17. The minimum Gasteiger partial charge on any atom is -0.316 e. The van der Waals surface area contributed by atoms with Gasteiger partial charge < -0.3 is 10.2 Å². The molecule has 116 valence electrons. The van der Waals surface area contributed by atoms with E-state index in [-0.39, 0.29) is 5.82 Å². The van der Waals surface area contributed by atoms with Gasteiger partial charge in [0, 0.05) is 22.6 Å². The summed E-state index contributed by atoms with van der Waals surface area (Å²) in [5, 5.41) is 3.45. The second-order valence-electron chi connectivity index (χ2n) is 6.62. The molecule has 2 saturated heterocycles. The molecule has 21 heavy (non-hydrogen) atoms. The van der Waals surface area contributed by atoms with E-state index < -0.39 is 0 Å². The fraction of sp³-hybridized carbons (Fsp3) is 0.647. The highest BCUT2D eigenvalue weighted by atomic mass is 79.9. The lowest BCUT2D eigenvalue weighted by Crippen LogP contribution is -2.47. The number of halogens is 2. The monoisotopic (exact) mass is 354 g/mol. The van der Waals surface area contributed by atoms with E-state index in [0.717, 1.165) is 28.5 Å². The van der Waals surface area contributed by atoms with Gasteiger partial charge in [-0.1, -0.05) is 22.0 Å². The summed E-state index contributed by atoms with van der Waals surface area (Å²) >= 11 is 3.33. The van der Waals surface area contributed by atoms with Crippen LogP contribution in [0.2, 0.25) is 0 Å². The summed E-state index contributed by atoms with van der Waals surface area (Å²) in [6, 6.07) is 7.26. The summed E-state index contributed by atoms with van der Waals surface area (Å²) in [4.78, 5) is 2.56. The molecule has 2 bridgehead atoms. The Labute approximate surface area is 135 Å². The second-order valence-corrected chi connectivity index (χ2v) is 7.53. The average molecular weight is 355 g/mol. The Hall–Kier alpha value is -0.450. The topological polar surface area (TPSA) is 15.3 Å². The van der Waals surface area contributed by atoms with Crippen molar-refractivity contribution in [3.05, 3.63) is 34.1 Å². The zero-order chi connectivity index (χ0) is 15.0. The van der Waals surface area contributed by atoms with Crippen LogP contribution < -0.4 is 5.32 Å². The Morgan fingerprint density at radius 3 is 2.57 bits per heavy atom. The quantitative estimate of drug-likeness (QED) is 0.888. The van der Waals surface area contributed by atoms with Gasteiger partial charge in [0.2, 0.25) is 0 Å². The third-order valence-corrected chi connectivity index (χ3v) is 6.02. The minimum atomic E-state index is -0.0967. The van der Waals surface area contributed by atoms with Crippen molar-refractivity contribution < 1.29 is 4.39 Å². The zero-order valence-electron chi connectivity index (χ0n) is 12.8. The average Bonchev–Trinajstić information content (AvgIpc) is 2.68. The molecule has 0 aliphatic carbocycles. The van der Waals surface area contributed by atoms with E-state index in [1.807, 2.05) is 19.2 Å². The molecule has 0 amide bonds. The fourth-order valence-corrected chi connectivity index (χ4v) is 4.54. The molecule has 2 aliphatic rings. The van der Waals surface area contributed by atoms with Crippen LogP contribution in [-0.4, -0.2) is 37.1 Å². The number of nitrogens with one attached hydrogen (secondary N) is 1. The standard InChI is InChI=1S/C17H24BrFN2/c1-20-17(9-11-3-4-13(18)10-16(11)19)12-7-14-5-6-15(8-12)21(14)2/h3-4,10,12,14-15,17,20H,5-9H2,1-2H3. The first-order valence-corrected chi connectivity index (χ1v) is 8.71. The highest BCUT2D eigenvalue weighted by molar-refractivity contribution is 9.10. The maximum absolute atomic E-state index is 14.1. The SMILES string of the molecule is CNC(Cc1ccc(Br)cc1F)C1CC2CCC(C1)N2C. The van der Waals surface area contributed by atoms with Gasteiger partial charge in [-0.15, -0.1) is 0 Å². The Morgan fingerprint density at radius 1 is 1.33 bits per heavy atom. The summed E-state index contributed by atoms with van der Waals surface area (Å²) in [7, 11) is 4.28. The van der Waals surface area contributed by atoms with E-state index in [0.29, 0.717) is 12.0 Å². The number of hydrogen-bond donors (Lipinski definition) is 1. The van der Waals surface area contributed by atoms with Crippen LogP contribution >= 0.6 is 15.9 Å². The Balaban J connectivity index is 1.71. The lowest BCUT2D eigenvalue weighted by Gasteiger charge is -2.40. The van der Waals surface area contributed by atoms with Crippen molar-refractivity contribution in [2.75, 3.05) is 14.1 Å². The van der Waals surface area contributed by atoms with Crippen molar-refractivity contribution in [3.63, 3.8) is 0 Å². The maximum atomic E-state index is 14.1. The largest absolute Gasteiger partial charge is 0.316 e. The predicted molar refractivity (Wildman–Crippen MR) is 87.9 cm³/mol. The summed E-state index contributed by atoms with van der Waals surface area (Å²) in [6.45, 7) is 0. The van der Waals surface area contributed by atoms with Crippen LogP contribution in [0.25, 0.3) is 0 Å². The van der Waals surface area contributed by atoms with Crippen LogP contribution in [-0.2, 0) is 6.42 Å². The molecule has 4 heteroatoms. The molecule has 2 fully saturated rings. The van der Waals surface area contributed by atoms with E-state index in [9.17, 15) is 4.39 Å². The number of piperidine rings is 1. The maximum Gasteiger partial charge on any atom is 0.127 e. The number of rotatable bonds is 4. The zero-order valence-corrected chi connectivity index (χ0v) is 14.4. The van der Waals surface area contributed by atoms with Crippen LogP contribution in [0, 0.1) is 11.7 Å². The molecular weight excluding hydrogens is 331 g/mol. The molecule has 1 aromatic carbocycles. The van der Waals surface area contributed by atoms with Crippen molar-refractivity contribution in [3.8, 4) is 0 Å². The van der Waals surface area contributed by atoms with Crippen LogP contribution in [0.3, 0.4) is 0 Å². The highest BCUT2D eigenvalue weighted by Crippen LogP contribution is 2.39. The molecule has 0 radical (unpaired) electrons. The summed E-state index contributed by atoms with van der Waals surface area (Å²) < 4.78 is 14.9. The van der Waals surface area contributed by atoms with Crippen molar-refractivity contribution >= 4 is 15.9 Å². The molecule has 0 spiro atoms. The van der Waals surface area contributed by atoms with Crippen molar-refractivity contribution in [2.24, 2.45) is 5.92 Å². The summed E-state index contributed by atoms with van der Waals surface area (Å²) in [6.07, 6.45) is 5.94. The van der Waals surface area contributed by atoms with Crippen molar-refractivity contribution in [1.29, 1.82) is 0 Å². The molecule has 3 unspecified atom stereocenters. The molecular formula is C17H24BrFN2. The van der Waals surface area contributed by atoms with E-state index in [1.54, 1.807) is 6.07 Å². The lowest BCUT2D eigenvalue weighted by molar-refractivity contribution is 0.114. The van der Waals surface area contributed by atoms with E-state index in [1.165, 1.54) is 25.7 Å². The van der Waals surface area contributed by atoms with E-state index >= 15 is 0 Å². The van der Waals surface area contributed by atoms with Crippen LogP contribution in [0.5, 0.6) is 0 Å². The molecule has 1 aromatic rings. The number of fused-ring (bicyclic) bond motifs is 2. The first-order chi connectivity index (χ1) is 10.1. The molecule has 3 atom stereocenters. The predicted octanol–water partition coefficient (Wildman–Crippen LogP) is 3.59. The van der Waals surface area contributed by atoms with Gasteiger partial charge in [-0.3, -0.25) is 0 Å². The number of likely N-dealkylation sites (N-methyl/N-ethyl adjacent to an activating group) is 1. The van der Waals surface area contributed by atoms with Gasteiger partial charge >= 0.3 is 0 Å². The molecule has 1 N–H and O–H groups in total. The van der Waals surface area contributed by atoms with E-state index in [4.69, 9.17) is 0 Å². The first-order valence-electron chi connectivity index (χ1n) is 7.91. The van der Waals surface area contributed by atoms with Crippen molar-refractivity contribution in [1.82, 2.24) is 10.2 Å². The Morgan fingerprint density at radius 2 is 2.00 bits per heavy atom. The molecule has 2 aliphatic heterocycles. The first kappa shape index (κ1) is 15.4. The van der Waals surface area contributed by atoms with Gasteiger partial charge in [0.05, 0.1) is 0 Å². The number of benzene rings is 1. The van der Waals surface area contributed by atoms with Gasteiger partial charge in [-0.2, -0.15) is 0 Å². The normalized spacial score (nSPS) is 30.6. The van der Waals surface area contributed by atoms with Crippen LogP contribution in [0.1, 0.15) is 31.2 Å². The van der Waals surface area contributed by atoms with Crippen LogP contribution in [0.4, 0.5) is 4.39 Å².